The molecule has 1 atom stereocenters. The molecule has 8 heteroatoms. The highest BCUT2D eigenvalue weighted by Gasteiger charge is 2.27. The van der Waals surface area contributed by atoms with E-state index in [1.54, 1.807) is 0 Å². The molecule has 0 aromatic carbocycles. The molecule has 0 aliphatic rings. The van der Waals surface area contributed by atoms with Crippen LogP contribution in [0.5, 0.6) is 0 Å². The molecule has 0 saturated heterocycles. The van der Waals surface area contributed by atoms with Gasteiger partial charge in [0.1, 0.15) is 0 Å². The minimum Gasteiger partial charge on any atom is -0.400 e. The van der Waals surface area contributed by atoms with Crippen LogP contribution in [0.25, 0.3) is 0 Å². The fourth-order valence-corrected chi connectivity index (χ4v) is 1.42. The van der Waals surface area contributed by atoms with Crippen LogP contribution in [0, 0.1) is 0 Å². The van der Waals surface area contributed by atoms with E-state index >= 15 is 0 Å². The van der Waals surface area contributed by atoms with Gasteiger partial charge in [0.05, 0.1) is 0 Å². The fraction of sp³-hybridized carbons (Fsp3) is 1.00. The molecule has 0 rings (SSSR count). The fourth-order valence-electron chi connectivity index (χ4n) is 0.158. The monoisotopic (exact) mass is 191 g/mol. The molecule has 1 unspecified atom stereocenters. The lowest BCUT2D eigenvalue weighted by atomic mass is 11.8. The largest absolute Gasteiger partial charge is 0.518 e. The van der Waals surface area contributed by atoms with E-state index in [-0.39, 0.29) is 0 Å². The highest BCUT2D eigenvalue weighted by molar-refractivity contribution is 7.64. The highest BCUT2D eigenvalue weighted by atomic mass is 31.2. The first-order valence-corrected chi connectivity index (χ1v) is 5.24. The normalized spacial score (nSPS) is 11.5. The van der Waals surface area contributed by atoms with E-state index in [1.807, 2.05) is 0 Å². The Labute approximate surface area is 58.5 Å². The van der Waals surface area contributed by atoms with Gasteiger partial charge in [0, 0.05) is 7.11 Å². The van der Waals surface area contributed by atoms with Gasteiger partial charge in [-0.05, 0) is 4.57 Å². The van der Waals surface area contributed by atoms with E-state index in [2.05, 4.69) is 0 Å². The van der Waals surface area contributed by atoms with Crippen LogP contribution in [0.4, 0.5) is 0 Å². The Balaban J connectivity index is 0. The number of aliphatic hydroxyl groups excluding tert-OH is 1. The third kappa shape index (κ3) is 15.7. The lowest BCUT2D eigenvalue weighted by Crippen LogP contribution is -1.78. The first kappa shape index (κ1) is 12.8. The van der Waals surface area contributed by atoms with Gasteiger partial charge in [0.25, 0.3) is 5.90 Å². The zero-order chi connectivity index (χ0) is 8.78. The van der Waals surface area contributed by atoms with Gasteiger partial charge in [-0.25, -0.2) is 0 Å². The predicted molar refractivity (Wildman–Crippen MR) is 34.9 cm³/mol. The summed E-state index contributed by atoms with van der Waals surface area (Å²) in [5.74, 6) is -0.942. The molecule has 0 aromatic heterocycles. The van der Waals surface area contributed by atoms with E-state index in [1.165, 1.54) is 0 Å². The van der Waals surface area contributed by atoms with Crippen molar-refractivity contribution in [3.8, 4) is 0 Å². The third-order valence-corrected chi connectivity index (χ3v) is 2.75. The summed E-state index contributed by atoms with van der Waals surface area (Å²) in [5.41, 5.74) is 0. The summed E-state index contributed by atoms with van der Waals surface area (Å²) in [4.78, 5) is 23.8. The molecule has 0 aliphatic heterocycles. The molecule has 0 amide bonds. The summed E-state index contributed by atoms with van der Waals surface area (Å²) in [5, 5.41) is 7.00. The van der Waals surface area contributed by atoms with Crippen molar-refractivity contribution in [1.29, 1.82) is 0 Å². The number of rotatable bonds is 2. The quantitative estimate of drug-likeness (QED) is 0.436. The SMILES string of the molecule is CO.O=[P+](O)CP(=O)(O)O. The van der Waals surface area contributed by atoms with Gasteiger partial charge in [-0.15, -0.1) is 0 Å². The van der Waals surface area contributed by atoms with Crippen molar-refractivity contribution in [2.45, 2.75) is 0 Å². The van der Waals surface area contributed by atoms with Gasteiger partial charge in [-0.2, -0.15) is 4.89 Å². The van der Waals surface area contributed by atoms with Crippen LogP contribution in [-0.4, -0.2) is 32.8 Å². The van der Waals surface area contributed by atoms with Crippen LogP contribution >= 0.6 is 15.6 Å². The summed E-state index contributed by atoms with van der Waals surface area (Å²) in [6.45, 7) is 0. The Morgan fingerprint density at radius 1 is 1.40 bits per heavy atom. The van der Waals surface area contributed by atoms with Crippen LogP contribution in [0.15, 0.2) is 0 Å². The topological polar surface area (TPSA) is 115 Å². The van der Waals surface area contributed by atoms with Crippen molar-refractivity contribution < 1.29 is 28.9 Å². The number of hydrogen-bond acceptors (Lipinski definition) is 3. The van der Waals surface area contributed by atoms with Crippen molar-refractivity contribution in [2.24, 2.45) is 0 Å². The first-order chi connectivity index (χ1) is 4.42. The maximum Gasteiger partial charge on any atom is 0.518 e. The molecule has 62 valence electrons. The van der Waals surface area contributed by atoms with Gasteiger partial charge in [0.2, 0.25) is 0 Å². The van der Waals surface area contributed by atoms with Crippen molar-refractivity contribution in [1.82, 2.24) is 0 Å². The van der Waals surface area contributed by atoms with Crippen molar-refractivity contribution in [3.05, 3.63) is 0 Å². The summed E-state index contributed by atoms with van der Waals surface area (Å²) in [6.07, 6.45) is 0. The minimum absolute atomic E-state index is 0.942. The van der Waals surface area contributed by atoms with Crippen LogP contribution in [0.1, 0.15) is 0 Å². The van der Waals surface area contributed by atoms with Crippen LogP contribution in [0.2, 0.25) is 0 Å². The molecule has 0 radical (unpaired) electrons. The Morgan fingerprint density at radius 2 is 1.70 bits per heavy atom. The molecule has 0 aliphatic carbocycles. The van der Waals surface area contributed by atoms with Gasteiger partial charge in [-0.1, -0.05) is 0 Å². The van der Waals surface area contributed by atoms with Gasteiger partial charge >= 0.3 is 15.6 Å². The average Bonchev–Trinajstić information content (AvgIpc) is 1.64. The van der Waals surface area contributed by atoms with Crippen LogP contribution < -0.4 is 0 Å². The van der Waals surface area contributed by atoms with Crippen LogP contribution in [-0.2, 0) is 9.13 Å². The second kappa shape index (κ2) is 5.92. The maximum atomic E-state index is 9.79. The minimum atomic E-state index is -4.26. The van der Waals surface area contributed by atoms with E-state index < -0.39 is 21.5 Å². The van der Waals surface area contributed by atoms with Gasteiger partial charge in [0.15, 0.2) is 0 Å². The van der Waals surface area contributed by atoms with E-state index in [9.17, 15) is 9.13 Å². The molecule has 0 heterocycles. The second-order valence-corrected chi connectivity index (χ2v) is 4.32. The molecule has 0 saturated carbocycles. The van der Waals surface area contributed by atoms with E-state index in [0.29, 0.717) is 0 Å². The lowest BCUT2D eigenvalue weighted by Gasteiger charge is -1.88. The Morgan fingerprint density at radius 3 is 1.70 bits per heavy atom. The summed E-state index contributed by atoms with van der Waals surface area (Å²) in [6, 6.07) is 0. The summed E-state index contributed by atoms with van der Waals surface area (Å²) >= 11 is 0. The van der Waals surface area contributed by atoms with Crippen molar-refractivity contribution >= 4 is 15.6 Å². The summed E-state index contributed by atoms with van der Waals surface area (Å²) < 4.78 is 19.5. The molecule has 0 aromatic rings. The molecule has 0 spiro atoms. The van der Waals surface area contributed by atoms with Crippen LogP contribution in [0.3, 0.4) is 0 Å². The number of aliphatic hydroxyl groups is 1. The van der Waals surface area contributed by atoms with E-state index in [0.717, 1.165) is 7.11 Å². The molecular weight excluding hydrogens is 182 g/mol. The number of hydrogen-bond donors (Lipinski definition) is 4. The molecule has 6 nitrogen and oxygen atoms in total. The molecule has 0 fully saturated rings. The Bertz CT molecular complexity index is 137. The van der Waals surface area contributed by atoms with Crippen molar-refractivity contribution in [3.63, 3.8) is 0 Å². The van der Waals surface area contributed by atoms with Gasteiger partial charge in [-0.3, -0.25) is 4.57 Å². The standard InChI is InChI=1S/CH4O5P2.CH4O/c2-7(3)1-8(4,5)6;1-2/h1H2,(H2-,2,3,4,5,6);2H,1H3/p+1. The van der Waals surface area contributed by atoms with Crippen molar-refractivity contribution in [2.75, 3.05) is 13.0 Å². The van der Waals surface area contributed by atoms with Gasteiger partial charge < -0.3 is 14.9 Å². The molecule has 4 N–H and O–H groups in total. The Hall–Kier alpha value is 0.170. The lowest BCUT2D eigenvalue weighted by molar-refractivity contribution is 0.377. The van der Waals surface area contributed by atoms with E-state index in [4.69, 9.17) is 19.8 Å². The smallest absolute Gasteiger partial charge is 0.400 e. The zero-order valence-corrected chi connectivity index (χ0v) is 7.00. The highest BCUT2D eigenvalue weighted by Crippen LogP contribution is 2.42. The molecule has 10 heavy (non-hydrogen) atoms. The zero-order valence-electron chi connectivity index (χ0n) is 5.21. The first-order valence-electron chi connectivity index (χ1n) is 2.04. The average molecular weight is 191 g/mol. The Kier molecular flexibility index (Phi) is 7.58. The molecule has 0 bridgehead atoms. The summed E-state index contributed by atoms with van der Waals surface area (Å²) in [7, 11) is -5.96. The maximum absolute atomic E-state index is 9.79. The molecular formula is C2H9O6P2+. The third-order valence-electron chi connectivity index (χ3n) is 0.305. The predicted octanol–water partition coefficient (Wildman–Crippen LogP) is -0.535. The second-order valence-electron chi connectivity index (χ2n) is 1.16.